The zero-order valence-corrected chi connectivity index (χ0v) is 22.4. The molecule has 4 nitrogen and oxygen atoms in total. The molecule has 0 unspecified atom stereocenters. The first-order chi connectivity index (χ1) is 18.8. The zero-order chi connectivity index (χ0) is 28.7. The summed E-state index contributed by atoms with van der Waals surface area (Å²) in [6, 6.07) is 6.85. The number of aliphatic hydroxyl groups is 1. The van der Waals surface area contributed by atoms with Crippen LogP contribution in [0.1, 0.15) is 86.6 Å². The van der Waals surface area contributed by atoms with Crippen LogP contribution >= 0.6 is 0 Å². The SMILES string of the molecule is C[C@]12C[C@H](c3ccc(C(=O)NCC4CC4)cc3)C3=C4CCC(=O)C=C4CC[C@H]3[C@@H]1CC[C@@]2(O)C(F)(F)C(F)(F)F. The van der Waals surface area contributed by atoms with Crippen molar-refractivity contribution in [3.05, 3.63) is 58.2 Å². The largest absolute Gasteiger partial charge is 0.456 e. The van der Waals surface area contributed by atoms with Gasteiger partial charge < -0.3 is 10.4 Å². The summed E-state index contributed by atoms with van der Waals surface area (Å²) in [7, 11) is 0. The molecule has 6 rings (SSSR count). The third-order valence-corrected chi connectivity index (χ3v) is 10.6. The molecule has 0 heterocycles. The summed E-state index contributed by atoms with van der Waals surface area (Å²) >= 11 is 0. The van der Waals surface area contributed by atoms with Gasteiger partial charge in [-0.1, -0.05) is 24.6 Å². The van der Waals surface area contributed by atoms with Crippen molar-refractivity contribution in [1.82, 2.24) is 5.32 Å². The highest BCUT2D eigenvalue weighted by atomic mass is 19.4. The molecule has 1 amide bonds. The number of fused-ring (bicyclic) bond motifs is 4. The molecule has 0 bridgehead atoms. The van der Waals surface area contributed by atoms with Gasteiger partial charge in [-0.2, -0.15) is 22.0 Å². The summed E-state index contributed by atoms with van der Waals surface area (Å²) in [4.78, 5) is 24.8. The number of allylic oxidation sites excluding steroid dienone is 4. The van der Waals surface area contributed by atoms with Crippen molar-refractivity contribution in [2.45, 2.75) is 88.3 Å². The molecule has 3 saturated carbocycles. The van der Waals surface area contributed by atoms with Gasteiger partial charge in [-0.15, -0.1) is 0 Å². The van der Waals surface area contributed by atoms with E-state index in [4.69, 9.17) is 0 Å². The molecule has 5 atom stereocenters. The van der Waals surface area contributed by atoms with Gasteiger partial charge in [0.1, 0.15) is 5.60 Å². The number of nitrogens with one attached hydrogen (secondary N) is 1. The Morgan fingerprint density at radius 1 is 1.02 bits per heavy atom. The lowest BCUT2D eigenvalue weighted by Gasteiger charge is -2.56. The topological polar surface area (TPSA) is 66.4 Å². The minimum absolute atomic E-state index is 0.0385. The summed E-state index contributed by atoms with van der Waals surface area (Å²) in [5.74, 6) is -6.26. The Balaban J connectivity index is 1.42. The standard InChI is InChI=1S/C31H34F5NO3/c1-28-15-24(18-4-6-19(7-5-18)27(39)37-16-17-2-3-17)26-22-11-9-21(38)14-20(22)8-10-23(26)25(28)12-13-29(28,40)30(32,33)31(34,35)36/h4-7,14,17,23-25,40H,2-3,8-13,15-16H2,1H3,(H,37,39)/t23-,24+,25-,28-,29-/m0/s1. The van der Waals surface area contributed by atoms with Crippen molar-refractivity contribution in [1.29, 1.82) is 0 Å². The lowest BCUT2D eigenvalue weighted by Crippen LogP contribution is -2.65. The van der Waals surface area contributed by atoms with Crippen molar-refractivity contribution in [2.24, 2.45) is 23.2 Å². The summed E-state index contributed by atoms with van der Waals surface area (Å²) in [5.41, 5.74) is -0.803. The molecule has 1 aromatic rings. The number of carbonyl (C=O) groups is 2. The highest BCUT2D eigenvalue weighted by molar-refractivity contribution is 5.94. The molecule has 9 heteroatoms. The van der Waals surface area contributed by atoms with Gasteiger partial charge in [0.25, 0.3) is 5.91 Å². The lowest BCUT2D eigenvalue weighted by atomic mass is 9.50. The molecule has 40 heavy (non-hydrogen) atoms. The molecule has 0 radical (unpaired) electrons. The maximum Gasteiger partial charge on any atom is 0.456 e. The summed E-state index contributed by atoms with van der Waals surface area (Å²) < 4.78 is 71.3. The second-order valence-electron chi connectivity index (χ2n) is 12.7. The fourth-order valence-corrected chi connectivity index (χ4v) is 8.24. The Bertz CT molecular complexity index is 1290. The highest BCUT2D eigenvalue weighted by Gasteiger charge is 2.79. The average molecular weight is 564 g/mol. The number of benzene rings is 1. The van der Waals surface area contributed by atoms with E-state index in [-0.39, 0.29) is 30.4 Å². The fraction of sp³-hybridized carbons (Fsp3) is 0.613. The molecule has 0 spiro atoms. The van der Waals surface area contributed by atoms with Crippen molar-refractivity contribution in [3.8, 4) is 0 Å². The van der Waals surface area contributed by atoms with E-state index in [2.05, 4.69) is 5.32 Å². The van der Waals surface area contributed by atoms with Crippen LogP contribution in [0.4, 0.5) is 22.0 Å². The van der Waals surface area contributed by atoms with Crippen molar-refractivity contribution >= 4 is 11.7 Å². The van der Waals surface area contributed by atoms with Gasteiger partial charge in [0, 0.05) is 29.9 Å². The minimum Gasteiger partial charge on any atom is -0.383 e. The summed E-state index contributed by atoms with van der Waals surface area (Å²) in [6.45, 7) is 2.02. The minimum atomic E-state index is -5.88. The van der Waals surface area contributed by atoms with E-state index in [9.17, 15) is 27.9 Å². The van der Waals surface area contributed by atoms with E-state index in [0.29, 0.717) is 49.3 Å². The molecule has 2 N–H and O–H groups in total. The predicted octanol–water partition coefficient (Wildman–Crippen LogP) is 6.65. The van der Waals surface area contributed by atoms with E-state index in [1.165, 1.54) is 6.92 Å². The second-order valence-corrected chi connectivity index (χ2v) is 12.7. The number of hydrogen-bond donors (Lipinski definition) is 2. The van der Waals surface area contributed by atoms with Gasteiger partial charge in [-0.25, -0.2) is 0 Å². The van der Waals surface area contributed by atoms with Gasteiger partial charge in [-0.3, -0.25) is 9.59 Å². The monoisotopic (exact) mass is 563 g/mol. The summed E-state index contributed by atoms with van der Waals surface area (Å²) in [6.07, 6.45) is -0.725. The maximum absolute atomic E-state index is 15.1. The Morgan fingerprint density at radius 2 is 1.73 bits per heavy atom. The number of carbonyl (C=O) groups excluding carboxylic acids is 2. The molecular formula is C31H34F5NO3. The van der Waals surface area contributed by atoms with Crippen LogP contribution in [-0.2, 0) is 4.79 Å². The number of rotatable bonds is 5. The molecule has 5 aliphatic carbocycles. The zero-order valence-electron chi connectivity index (χ0n) is 22.4. The molecule has 0 saturated heterocycles. The van der Waals surface area contributed by atoms with E-state index in [1.807, 2.05) is 0 Å². The smallest absolute Gasteiger partial charge is 0.383 e. The van der Waals surface area contributed by atoms with Gasteiger partial charge in [0.15, 0.2) is 5.78 Å². The van der Waals surface area contributed by atoms with Crippen LogP contribution in [0.3, 0.4) is 0 Å². The quantitative estimate of drug-likeness (QED) is 0.394. The van der Waals surface area contributed by atoms with Gasteiger partial charge in [0.05, 0.1) is 0 Å². The third kappa shape index (κ3) is 4.09. The first-order valence-corrected chi connectivity index (χ1v) is 14.3. The number of ketones is 1. The first kappa shape index (κ1) is 27.6. The normalized spacial score (nSPS) is 34.1. The van der Waals surface area contributed by atoms with E-state index < -0.39 is 41.4 Å². The molecule has 0 aromatic heterocycles. The van der Waals surface area contributed by atoms with Crippen molar-refractivity contribution in [3.63, 3.8) is 0 Å². The Hall–Kier alpha value is -2.55. The van der Waals surface area contributed by atoms with Gasteiger partial charge in [-0.05, 0) is 104 Å². The Morgan fingerprint density at radius 3 is 2.38 bits per heavy atom. The van der Waals surface area contributed by atoms with Crippen molar-refractivity contribution in [2.75, 3.05) is 6.54 Å². The summed E-state index contributed by atoms with van der Waals surface area (Å²) in [5, 5.41) is 14.3. The van der Waals surface area contributed by atoms with Crippen LogP contribution in [0.5, 0.6) is 0 Å². The number of halogens is 5. The average Bonchev–Trinajstić information content (AvgIpc) is 3.69. The number of amides is 1. The van der Waals surface area contributed by atoms with Crippen LogP contribution in [0.2, 0.25) is 0 Å². The number of hydrogen-bond acceptors (Lipinski definition) is 3. The maximum atomic E-state index is 15.1. The van der Waals surface area contributed by atoms with Crippen LogP contribution < -0.4 is 5.32 Å². The molecule has 0 aliphatic heterocycles. The van der Waals surface area contributed by atoms with Crippen LogP contribution in [0, 0.1) is 23.2 Å². The van der Waals surface area contributed by atoms with Crippen molar-refractivity contribution < 1.29 is 36.6 Å². The molecule has 5 aliphatic rings. The molecule has 1 aromatic carbocycles. The molecule has 3 fully saturated rings. The van der Waals surface area contributed by atoms with E-state index in [0.717, 1.165) is 29.6 Å². The predicted molar refractivity (Wildman–Crippen MR) is 138 cm³/mol. The van der Waals surface area contributed by atoms with Crippen LogP contribution in [0.25, 0.3) is 0 Å². The first-order valence-electron chi connectivity index (χ1n) is 14.3. The third-order valence-electron chi connectivity index (χ3n) is 10.6. The van der Waals surface area contributed by atoms with E-state index in [1.54, 1.807) is 30.3 Å². The van der Waals surface area contributed by atoms with E-state index >= 15 is 8.78 Å². The second kappa shape index (κ2) is 9.23. The van der Waals surface area contributed by atoms with Crippen LogP contribution in [-0.4, -0.2) is 41.0 Å². The van der Waals surface area contributed by atoms with Gasteiger partial charge >= 0.3 is 12.1 Å². The fourth-order valence-electron chi connectivity index (χ4n) is 8.24. The Kier molecular flexibility index (Phi) is 6.37. The van der Waals surface area contributed by atoms with Gasteiger partial charge in [0.2, 0.25) is 0 Å². The highest BCUT2D eigenvalue weighted by Crippen LogP contribution is 2.70. The number of alkyl halides is 5. The molecule has 216 valence electrons. The Labute approximate surface area is 230 Å². The van der Waals surface area contributed by atoms with Crippen LogP contribution in [0.15, 0.2) is 47.1 Å². The lowest BCUT2D eigenvalue weighted by molar-refractivity contribution is -0.362. The molecular weight excluding hydrogens is 529 g/mol.